The fourth-order valence-electron chi connectivity index (χ4n) is 2.94. The van der Waals surface area contributed by atoms with Crippen molar-refractivity contribution < 1.29 is 9.90 Å². The van der Waals surface area contributed by atoms with Gasteiger partial charge in [-0.3, -0.25) is 4.79 Å². The van der Waals surface area contributed by atoms with Gasteiger partial charge in [0.15, 0.2) is 5.16 Å². The van der Waals surface area contributed by atoms with Crippen LogP contribution in [0.1, 0.15) is 10.8 Å². The van der Waals surface area contributed by atoms with E-state index in [2.05, 4.69) is 9.97 Å². The maximum Gasteiger partial charge on any atom is 0.321 e. The molecule has 3 aromatic carbocycles. The molecule has 0 aliphatic rings. The SMILES string of the molecule is O=C(O)[C@@H](Sc1nc(-c2ccccc2)c2cc(Cl)ccc2n1)c1ccccc1. The first-order valence-corrected chi connectivity index (χ1v) is 9.85. The van der Waals surface area contributed by atoms with Crippen molar-refractivity contribution in [3.63, 3.8) is 0 Å². The van der Waals surface area contributed by atoms with E-state index >= 15 is 0 Å². The fraction of sp³-hybridized carbons (Fsp3) is 0.0455. The van der Waals surface area contributed by atoms with Gasteiger partial charge < -0.3 is 5.11 Å². The zero-order valence-corrected chi connectivity index (χ0v) is 16.2. The van der Waals surface area contributed by atoms with Gasteiger partial charge in [-0.2, -0.15) is 0 Å². The van der Waals surface area contributed by atoms with Crippen LogP contribution in [0, 0.1) is 0 Å². The third kappa shape index (κ3) is 3.86. The first kappa shape index (κ1) is 18.5. The van der Waals surface area contributed by atoms with E-state index in [0.29, 0.717) is 15.7 Å². The molecule has 1 heterocycles. The Bertz CT molecular complexity index is 1140. The molecule has 0 unspecified atom stereocenters. The molecule has 0 amide bonds. The normalized spacial score (nSPS) is 12.0. The smallest absolute Gasteiger partial charge is 0.321 e. The monoisotopic (exact) mass is 406 g/mol. The van der Waals surface area contributed by atoms with Gasteiger partial charge >= 0.3 is 5.97 Å². The van der Waals surface area contributed by atoms with Gasteiger partial charge in [0.05, 0.1) is 11.2 Å². The summed E-state index contributed by atoms with van der Waals surface area (Å²) in [5.74, 6) is -0.933. The van der Waals surface area contributed by atoms with Crippen LogP contribution in [0.15, 0.2) is 84.0 Å². The quantitative estimate of drug-likeness (QED) is 0.332. The van der Waals surface area contributed by atoms with Crippen LogP contribution in [0.25, 0.3) is 22.2 Å². The minimum atomic E-state index is -0.933. The first-order chi connectivity index (χ1) is 13.6. The minimum absolute atomic E-state index is 0.407. The van der Waals surface area contributed by atoms with Crippen LogP contribution >= 0.6 is 23.4 Å². The van der Waals surface area contributed by atoms with E-state index in [9.17, 15) is 9.90 Å². The van der Waals surface area contributed by atoms with Crippen molar-refractivity contribution in [2.45, 2.75) is 10.4 Å². The van der Waals surface area contributed by atoms with Crippen molar-refractivity contribution in [2.24, 2.45) is 0 Å². The summed E-state index contributed by atoms with van der Waals surface area (Å²) >= 11 is 7.31. The van der Waals surface area contributed by atoms with Crippen molar-refractivity contribution in [3.05, 3.63) is 89.4 Å². The highest BCUT2D eigenvalue weighted by Crippen LogP contribution is 2.36. The van der Waals surface area contributed by atoms with E-state index in [1.807, 2.05) is 60.7 Å². The Balaban J connectivity index is 1.84. The topological polar surface area (TPSA) is 63.1 Å². The van der Waals surface area contributed by atoms with Crippen molar-refractivity contribution in [1.29, 1.82) is 0 Å². The highest BCUT2D eigenvalue weighted by atomic mass is 35.5. The number of fused-ring (bicyclic) bond motifs is 1. The zero-order chi connectivity index (χ0) is 19.5. The molecule has 0 aliphatic carbocycles. The van der Waals surface area contributed by atoms with Crippen LogP contribution in [0.4, 0.5) is 0 Å². The molecule has 0 fully saturated rings. The van der Waals surface area contributed by atoms with Crippen LogP contribution in [0.5, 0.6) is 0 Å². The second kappa shape index (κ2) is 8.00. The zero-order valence-electron chi connectivity index (χ0n) is 14.6. The number of hydrogen-bond donors (Lipinski definition) is 1. The Morgan fingerprint density at radius 2 is 1.61 bits per heavy atom. The van der Waals surface area contributed by atoms with Crippen molar-refractivity contribution >= 4 is 40.2 Å². The summed E-state index contributed by atoms with van der Waals surface area (Å²) in [5, 5.41) is 10.8. The summed E-state index contributed by atoms with van der Waals surface area (Å²) in [6.45, 7) is 0. The lowest BCUT2D eigenvalue weighted by Gasteiger charge is -2.13. The largest absolute Gasteiger partial charge is 0.480 e. The lowest BCUT2D eigenvalue weighted by atomic mass is 10.1. The van der Waals surface area contributed by atoms with E-state index in [4.69, 9.17) is 11.6 Å². The molecular weight excluding hydrogens is 392 g/mol. The Kier molecular flexibility index (Phi) is 5.28. The molecule has 0 bridgehead atoms. The van der Waals surface area contributed by atoms with Gasteiger partial charge in [0.25, 0.3) is 0 Å². The molecule has 4 nitrogen and oxygen atoms in total. The average Bonchev–Trinajstić information content (AvgIpc) is 2.72. The molecule has 0 saturated carbocycles. The number of benzene rings is 3. The molecule has 138 valence electrons. The van der Waals surface area contributed by atoms with E-state index in [0.717, 1.165) is 33.9 Å². The van der Waals surface area contributed by atoms with Crippen LogP contribution in [-0.2, 0) is 4.79 Å². The summed E-state index contributed by atoms with van der Waals surface area (Å²) in [6, 6.07) is 24.3. The third-order valence-corrected chi connectivity index (χ3v) is 5.57. The lowest BCUT2D eigenvalue weighted by molar-refractivity contribution is -0.136. The molecule has 1 N–H and O–H groups in total. The molecule has 4 aromatic rings. The van der Waals surface area contributed by atoms with Crippen LogP contribution in [-0.4, -0.2) is 21.0 Å². The number of carboxylic acids is 1. The molecule has 1 aromatic heterocycles. The molecule has 28 heavy (non-hydrogen) atoms. The van der Waals surface area contributed by atoms with Gasteiger partial charge in [-0.15, -0.1) is 0 Å². The van der Waals surface area contributed by atoms with Crippen LogP contribution < -0.4 is 0 Å². The van der Waals surface area contributed by atoms with E-state index < -0.39 is 11.2 Å². The third-order valence-electron chi connectivity index (χ3n) is 4.23. The maximum absolute atomic E-state index is 11.9. The Hall–Kier alpha value is -2.89. The molecule has 0 aliphatic heterocycles. The summed E-state index contributed by atoms with van der Waals surface area (Å²) < 4.78 is 0. The number of hydrogen-bond acceptors (Lipinski definition) is 4. The lowest BCUT2D eigenvalue weighted by Crippen LogP contribution is -2.09. The van der Waals surface area contributed by atoms with Crippen molar-refractivity contribution in [2.75, 3.05) is 0 Å². The number of nitrogens with zero attached hydrogens (tertiary/aromatic N) is 2. The molecule has 1 atom stereocenters. The highest BCUT2D eigenvalue weighted by Gasteiger charge is 2.23. The second-order valence-electron chi connectivity index (χ2n) is 6.13. The summed E-state index contributed by atoms with van der Waals surface area (Å²) in [5.41, 5.74) is 3.07. The Labute approximate surface area is 171 Å². The van der Waals surface area contributed by atoms with Crippen LogP contribution in [0.3, 0.4) is 0 Å². The molecule has 0 saturated heterocycles. The number of halogens is 1. The van der Waals surface area contributed by atoms with E-state index in [1.165, 1.54) is 0 Å². The number of aliphatic carboxylic acids is 1. The van der Waals surface area contributed by atoms with Crippen LogP contribution in [0.2, 0.25) is 5.02 Å². The summed E-state index contributed by atoms with van der Waals surface area (Å²) in [6.07, 6.45) is 0. The van der Waals surface area contributed by atoms with Gasteiger partial charge in [0.1, 0.15) is 5.25 Å². The predicted molar refractivity (Wildman–Crippen MR) is 113 cm³/mol. The van der Waals surface area contributed by atoms with Gasteiger partial charge in [-0.1, -0.05) is 84.0 Å². The number of carboxylic acid groups (broad SMARTS) is 1. The summed E-state index contributed by atoms with van der Waals surface area (Å²) in [7, 11) is 0. The maximum atomic E-state index is 11.9. The van der Waals surface area contributed by atoms with Gasteiger partial charge in [-0.25, -0.2) is 9.97 Å². The number of rotatable bonds is 5. The molecule has 0 radical (unpaired) electrons. The standard InChI is InChI=1S/C22H15ClN2O2S/c23-16-11-12-18-17(13-16)19(14-7-3-1-4-8-14)25-22(24-18)28-20(21(26)27)15-9-5-2-6-10-15/h1-13,20H,(H,26,27)/t20-/m0/s1. The number of aromatic nitrogens is 2. The summed E-state index contributed by atoms with van der Waals surface area (Å²) in [4.78, 5) is 21.1. The van der Waals surface area contributed by atoms with Gasteiger partial charge in [-0.05, 0) is 23.8 Å². The minimum Gasteiger partial charge on any atom is -0.480 e. The van der Waals surface area contributed by atoms with E-state index in [-0.39, 0.29) is 0 Å². The van der Waals surface area contributed by atoms with Gasteiger partial charge in [0, 0.05) is 16.0 Å². The van der Waals surface area contributed by atoms with E-state index in [1.54, 1.807) is 18.2 Å². The number of thioether (sulfide) groups is 1. The molecule has 4 rings (SSSR count). The average molecular weight is 407 g/mol. The predicted octanol–water partition coefficient (Wildman–Crippen LogP) is 5.87. The molecule has 0 spiro atoms. The van der Waals surface area contributed by atoms with Crippen molar-refractivity contribution in [3.8, 4) is 11.3 Å². The van der Waals surface area contributed by atoms with Gasteiger partial charge in [0.2, 0.25) is 0 Å². The highest BCUT2D eigenvalue weighted by molar-refractivity contribution is 8.00. The second-order valence-corrected chi connectivity index (χ2v) is 7.64. The molecule has 6 heteroatoms. The van der Waals surface area contributed by atoms with Crippen molar-refractivity contribution in [1.82, 2.24) is 9.97 Å². The Morgan fingerprint density at radius 1 is 0.929 bits per heavy atom. The number of carbonyl (C=O) groups is 1. The molecular formula is C22H15ClN2O2S. The fourth-order valence-corrected chi connectivity index (χ4v) is 4.01. The first-order valence-electron chi connectivity index (χ1n) is 8.59. The Morgan fingerprint density at radius 3 is 2.29 bits per heavy atom.